The molecule has 1 rings (SSSR count). The molecule has 0 aliphatic carbocycles. The number of hydrogen-bond acceptors (Lipinski definition) is 4. The van der Waals surface area contributed by atoms with Gasteiger partial charge >= 0.3 is 0 Å². The lowest BCUT2D eigenvalue weighted by Gasteiger charge is -2.39. The first-order valence-electron chi connectivity index (χ1n) is 7.44. The predicted molar refractivity (Wildman–Crippen MR) is 91.6 cm³/mol. The standard InChI is InChI=1S/C13H28N4O2S2/c1-5-14-12(15-7-8-16-21(18,19)6-2)17-9-10-20-13(3,4)11-17/h16H,5-11H2,1-4H3,(H,14,15). The number of rotatable bonds is 6. The lowest BCUT2D eigenvalue weighted by Crippen LogP contribution is -2.51. The van der Waals surface area contributed by atoms with Gasteiger partial charge in [0.05, 0.1) is 12.3 Å². The van der Waals surface area contributed by atoms with E-state index in [1.54, 1.807) is 6.92 Å². The molecule has 1 saturated heterocycles. The summed E-state index contributed by atoms with van der Waals surface area (Å²) in [5.41, 5.74) is 0. The van der Waals surface area contributed by atoms with Crippen molar-refractivity contribution in [2.45, 2.75) is 32.4 Å². The van der Waals surface area contributed by atoms with Gasteiger partial charge in [-0.2, -0.15) is 11.8 Å². The molecule has 0 aromatic rings. The minimum atomic E-state index is -3.13. The molecule has 0 unspecified atom stereocenters. The third-order valence-electron chi connectivity index (χ3n) is 3.14. The van der Waals surface area contributed by atoms with Crippen LogP contribution in [0.15, 0.2) is 4.99 Å². The first kappa shape index (κ1) is 18.6. The summed E-state index contributed by atoms with van der Waals surface area (Å²) >= 11 is 1.98. The van der Waals surface area contributed by atoms with E-state index in [4.69, 9.17) is 0 Å². The van der Waals surface area contributed by atoms with Crippen LogP contribution in [0.2, 0.25) is 0 Å². The van der Waals surface area contributed by atoms with Gasteiger partial charge in [-0.1, -0.05) is 0 Å². The normalized spacial score (nSPS) is 19.6. The monoisotopic (exact) mass is 336 g/mol. The SMILES string of the molecule is CCNC(=NCCNS(=O)(=O)CC)N1CCSC(C)(C)C1. The zero-order valence-corrected chi connectivity index (χ0v) is 15.1. The molecule has 0 aromatic heterocycles. The van der Waals surface area contributed by atoms with E-state index in [0.717, 1.165) is 31.3 Å². The summed E-state index contributed by atoms with van der Waals surface area (Å²) in [4.78, 5) is 6.79. The fraction of sp³-hybridized carbons (Fsp3) is 0.923. The lowest BCUT2D eigenvalue weighted by atomic mass is 10.2. The van der Waals surface area contributed by atoms with Gasteiger partial charge in [-0.25, -0.2) is 13.1 Å². The first-order valence-corrected chi connectivity index (χ1v) is 10.1. The molecular formula is C13H28N4O2S2. The smallest absolute Gasteiger partial charge is 0.211 e. The Bertz CT molecular complexity index is 449. The van der Waals surface area contributed by atoms with Crippen LogP contribution in [0.1, 0.15) is 27.7 Å². The van der Waals surface area contributed by atoms with E-state index in [-0.39, 0.29) is 10.5 Å². The Morgan fingerprint density at radius 2 is 2.10 bits per heavy atom. The van der Waals surface area contributed by atoms with Crippen molar-refractivity contribution in [3.63, 3.8) is 0 Å². The van der Waals surface area contributed by atoms with Crippen LogP contribution in [0.25, 0.3) is 0 Å². The summed E-state index contributed by atoms with van der Waals surface area (Å²) in [5.74, 6) is 2.07. The van der Waals surface area contributed by atoms with Gasteiger partial charge in [-0.15, -0.1) is 0 Å². The molecule has 0 aromatic carbocycles. The van der Waals surface area contributed by atoms with Crippen LogP contribution in [0.4, 0.5) is 0 Å². The average molecular weight is 337 g/mol. The highest BCUT2D eigenvalue weighted by Crippen LogP contribution is 2.29. The van der Waals surface area contributed by atoms with Crippen LogP contribution in [-0.2, 0) is 10.0 Å². The number of nitrogens with one attached hydrogen (secondary N) is 2. The molecule has 124 valence electrons. The van der Waals surface area contributed by atoms with E-state index in [0.29, 0.717) is 13.1 Å². The van der Waals surface area contributed by atoms with Crippen molar-refractivity contribution in [1.82, 2.24) is 14.9 Å². The number of guanidine groups is 1. The Balaban J connectivity index is 2.57. The summed E-state index contributed by atoms with van der Waals surface area (Å²) in [6, 6.07) is 0. The predicted octanol–water partition coefficient (Wildman–Crippen LogP) is 0.719. The summed E-state index contributed by atoms with van der Waals surface area (Å²) in [6.07, 6.45) is 0. The van der Waals surface area contributed by atoms with Gasteiger partial charge in [0, 0.05) is 36.7 Å². The van der Waals surface area contributed by atoms with Crippen molar-refractivity contribution in [2.75, 3.05) is 44.2 Å². The molecule has 1 aliphatic heterocycles. The molecule has 2 N–H and O–H groups in total. The van der Waals surface area contributed by atoms with Gasteiger partial charge in [0.15, 0.2) is 5.96 Å². The minimum Gasteiger partial charge on any atom is -0.357 e. The van der Waals surface area contributed by atoms with Gasteiger partial charge in [0.1, 0.15) is 0 Å². The molecule has 0 amide bonds. The molecule has 0 spiro atoms. The van der Waals surface area contributed by atoms with Gasteiger partial charge in [-0.05, 0) is 27.7 Å². The summed E-state index contributed by atoms with van der Waals surface area (Å²) in [6.45, 7) is 11.7. The number of aliphatic imine (C=N–C) groups is 1. The maximum absolute atomic E-state index is 11.4. The maximum Gasteiger partial charge on any atom is 0.211 e. The molecule has 0 saturated carbocycles. The molecule has 0 bridgehead atoms. The fourth-order valence-corrected chi connectivity index (χ4v) is 3.81. The molecule has 1 heterocycles. The fourth-order valence-electron chi connectivity index (χ4n) is 2.09. The van der Waals surface area contributed by atoms with Crippen LogP contribution in [-0.4, -0.2) is 68.3 Å². The second-order valence-electron chi connectivity index (χ2n) is 5.56. The van der Waals surface area contributed by atoms with Crippen molar-refractivity contribution in [3.8, 4) is 0 Å². The highest BCUT2D eigenvalue weighted by atomic mass is 32.2. The topological polar surface area (TPSA) is 73.8 Å². The number of thioether (sulfide) groups is 1. The second kappa shape index (κ2) is 8.24. The third-order valence-corrected chi connectivity index (χ3v) is 5.84. The van der Waals surface area contributed by atoms with Crippen LogP contribution in [0.3, 0.4) is 0 Å². The van der Waals surface area contributed by atoms with Crippen LogP contribution in [0, 0.1) is 0 Å². The van der Waals surface area contributed by atoms with Crippen molar-refractivity contribution < 1.29 is 8.42 Å². The minimum absolute atomic E-state index is 0.105. The first-order chi connectivity index (χ1) is 9.79. The zero-order valence-electron chi connectivity index (χ0n) is 13.5. The number of nitrogens with zero attached hydrogens (tertiary/aromatic N) is 2. The Kier molecular flexibility index (Phi) is 7.29. The van der Waals surface area contributed by atoms with E-state index < -0.39 is 10.0 Å². The van der Waals surface area contributed by atoms with Crippen molar-refractivity contribution in [1.29, 1.82) is 0 Å². The van der Waals surface area contributed by atoms with E-state index in [1.807, 2.05) is 18.7 Å². The average Bonchev–Trinajstić information content (AvgIpc) is 2.41. The van der Waals surface area contributed by atoms with Crippen LogP contribution >= 0.6 is 11.8 Å². The van der Waals surface area contributed by atoms with Crippen molar-refractivity contribution in [3.05, 3.63) is 0 Å². The highest BCUT2D eigenvalue weighted by Gasteiger charge is 2.28. The molecule has 0 radical (unpaired) electrons. The van der Waals surface area contributed by atoms with Gasteiger partial charge in [0.25, 0.3) is 0 Å². The van der Waals surface area contributed by atoms with Crippen LogP contribution < -0.4 is 10.0 Å². The maximum atomic E-state index is 11.4. The molecule has 1 aliphatic rings. The highest BCUT2D eigenvalue weighted by molar-refractivity contribution is 8.00. The van der Waals surface area contributed by atoms with E-state index in [2.05, 4.69) is 33.8 Å². The van der Waals surface area contributed by atoms with Gasteiger partial charge < -0.3 is 10.2 Å². The Labute approximate surface area is 133 Å². The van der Waals surface area contributed by atoms with Crippen molar-refractivity contribution in [2.24, 2.45) is 4.99 Å². The van der Waals surface area contributed by atoms with Gasteiger partial charge in [-0.3, -0.25) is 4.99 Å². The molecule has 0 atom stereocenters. The van der Waals surface area contributed by atoms with E-state index in [1.165, 1.54) is 0 Å². The lowest BCUT2D eigenvalue weighted by molar-refractivity contribution is 0.376. The molecule has 21 heavy (non-hydrogen) atoms. The molecule has 8 heteroatoms. The zero-order chi connectivity index (χ0) is 15.9. The molecule has 6 nitrogen and oxygen atoms in total. The summed E-state index contributed by atoms with van der Waals surface area (Å²) in [5, 5.41) is 3.29. The van der Waals surface area contributed by atoms with E-state index in [9.17, 15) is 8.42 Å². The number of sulfonamides is 1. The van der Waals surface area contributed by atoms with Crippen molar-refractivity contribution >= 4 is 27.7 Å². The van der Waals surface area contributed by atoms with Gasteiger partial charge in [0.2, 0.25) is 10.0 Å². The summed E-state index contributed by atoms with van der Waals surface area (Å²) in [7, 11) is -3.13. The largest absolute Gasteiger partial charge is 0.357 e. The van der Waals surface area contributed by atoms with Crippen LogP contribution in [0.5, 0.6) is 0 Å². The Hall–Kier alpha value is -0.470. The molecule has 1 fully saturated rings. The molecular weight excluding hydrogens is 308 g/mol. The number of hydrogen-bond donors (Lipinski definition) is 2. The Morgan fingerprint density at radius 3 is 2.67 bits per heavy atom. The van der Waals surface area contributed by atoms with E-state index >= 15 is 0 Å². The quantitative estimate of drug-likeness (QED) is 0.425. The summed E-state index contributed by atoms with van der Waals surface area (Å²) < 4.78 is 25.5. The second-order valence-corrected chi connectivity index (χ2v) is 9.46. The third kappa shape index (κ3) is 6.88. The Morgan fingerprint density at radius 1 is 1.38 bits per heavy atom.